The second kappa shape index (κ2) is 20.4. The molecule has 3 nitrogen and oxygen atoms in total. The van der Waals surface area contributed by atoms with E-state index in [-0.39, 0.29) is 7.43 Å². The van der Waals surface area contributed by atoms with Crippen LogP contribution in [0, 0.1) is 0 Å². The molecule has 0 atom stereocenters. The van der Waals surface area contributed by atoms with Crippen LogP contribution in [0.25, 0.3) is 0 Å². The van der Waals surface area contributed by atoms with Crippen LogP contribution in [0.2, 0.25) is 0 Å². The molecule has 0 aromatic carbocycles. The van der Waals surface area contributed by atoms with E-state index in [9.17, 15) is 4.79 Å². The van der Waals surface area contributed by atoms with Gasteiger partial charge in [-0.1, -0.05) is 104 Å². The maximum atomic E-state index is 10.7. The van der Waals surface area contributed by atoms with Gasteiger partial charge in [-0.15, -0.1) is 0 Å². The van der Waals surface area contributed by atoms with E-state index < -0.39 is 5.97 Å². The molecule has 0 aliphatic rings. The number of unbranched alkanes of at least 4 members (excludes halogenated alkanes) is 14. The second-order valence-corrected chi connectivity index (χ2v) is 6.16. The van der Waals surface area contributed by atoms with E-state index in [0.29, 0.717) is 6.42 Å². The molecule has 0 fully saturated rings. The Balaban J connectivity index is 0. The van der Waals surface area contributed by atoms with Crippen molar-refractivity contribution in [2.24, 2.45) is 0 Å². The molecule has 0 amide bonds. The van der Waals surface area contributed by atoms with Gasteiger partial charge in [-0.3, -0.25) is 0 Å². The average Bonchev–Trinajstić information content (AvgIpc) is 2.50. The molecule has 1 N–H and O–H groups in total. The molecule has 0 saturated heterocycles. The van der Waals surface area contributed by atoms with E-state index in [2.05, 4.69) is 11.8 Å². The van der Waals surface area contributed by atoms with Gasteiger partial charge in [0.15, 0.2) is 0 Å². The van der Waals surface area contributed by atoms with Crippen LogP contribution >= 0.6 is 0 Å². The molecule has 0 spiro atoms. The lowest BCUT2D eigenvalue weighted by molar-refractivity contribution is -0.234. The van der Waals surface area contributed by atoms with E-state index in [1.54, 1.807) is 0 Å². The Labute approximate surface area is 138 Å². The molecule has 0 heterocycles. The average molecular weight is 317 g/mol. The summed E-state index contributed by atoms with van der Waals surface area (Å²) in [6, 6.07) is 0. The zero-order chi connectivity index (χ0) is 15.6. The first-order valence-electron chi connectivity index (χ1n) is 9.15. The highest BCUT2D eigenvalue weighted by Crippen LogP contribution is 2.13. The second-order valence-electron chi connectivity index (χ2n) is 6.16. The Bertz CT molecular complexity index is 217. The van der Waals surface area contributed by atoms with Crippen LogP contribution in [0.1, 0.15) is 117 Å². The summed E-state index contributed by atoms with van der Waals surface area (Å²) in [6.07, 6.45) is 20.0. The smallest absolute Gasteiger partial charge is 0.301 e. The van der Waals surface area contributed by atoms with E-state index in [0.717, 1.165) is 12.8 Å². The number of rotatable bonds is 16. The number of carbonyl (C=O) groups excluding carboxylic acids is 1. The van der Waals surface area contributed by atoms with Crippen molar-refractivity contribution in [1.82, 2.24) is 0 Å². The lowest BCUT2D eigenvalue weighted by atomic mass is 10.0. The number of hydrogen-bond acceptors (Lipinski definition) is 3. The van der Waals surface area contributed by atoms with Crippen LogP contribution in [0.3, 0.4) is 0 Å². The molecule has 22 heavy (non-hydrogen) atoms. The van der Waals surface area contributed by atoms with Gasteiger partial charge in [-0.2, -0.15) is 5.26 Å². The summed E-state index contributed by atoms with van der Waals surface area (Å²) < 4.78 is 0. The van der Waals surface area contributed by atoms with Crippen molar-refractivity contribution in [3.05, 3.63) is 0 Å². The van der Waals surface area contributed by atoms with Gasteiger partial charge in [-0.25, -0.2) is 4.79 Å². The van der Waals surface area contributed by atoms with Crippen LogP contribution in [0.4, 0.5) is 0 Å². The molecule has 0 unspecified atom stereocenters. The predicted octanol–water partition coefficient (Wildman–Crippen LogP) is 6.90. The van der Waals surface area contributed by atoms with Gasteiger partial charge >= 0.3 is 5.97 Å². The summed E-state index contributed by atoms with van der Waals surface area (Å²) in [5.74, 6) is -0.510. The minimum Gasteiger partial charge on any atom is -0.301 e. The molecule has 0 rings (SSSR count). The minimum absolute atomic E-state index is 0. The topological polar surface area (TPSA) is 46.5 Å². The molecule has 134 valence electrons. The summed E-state index contributed by atoms with van der Waals surface area (Å²) in [7, 11) is 0. The Kier molecular flexibility index (Phi) is 22.0. The molecule has 0 aromatic heterocycles. The van der Waals surface area contributed by atoms with Crippen molar-refractivity contribution in [1.29, 1.82) is 0 Å². The van der Waals surface area contributed by atoms with Gasteiger partial charge < -0.3 is 4.89 Å². The van der Waals surface area contributed by atoms with Crippen molar-refractivity contribution in [2.45, 2.75) is 117 Å². The number of carbonyl (C=O) groups is 1. The fourth-order valence-electron chi connectivity index (χ4n) is 2.69. The van der Waals surface area contributed by atoms with Crippen LogP contribution in [0.5, 0.6) is 0 Å². The van der Waals surface area contributed by atoms with Gasteiger partial charge in [0.05, 0.1) is 0 Å². The van der Waals surface area contributed by atoms with Crippen molar-refractivity contribution in [3.8, 4) is 0 Å². The normalized spacial score (nSPS) is 10.3. The first-order chi connectivity index (χ1) is 10.3. The lowest BCUT2D eigenvalue weighted by Gasteiger charge is -2.03. The van der Waals surface area contributed by atoms with E-state index in [4.69, 9.17) is 5.26 Å². The fourth-order valence-corrected chi connectivity index (χ4v) is 2.69. The standard InChI is InChI=1S/C18H36O3.CH4/c1-2-3-4-5-6-7-8-9-10-11-12-13-14-15-16-17-18(19)21-20;/h20H,2-17H2,1H3;1H4. The van der Waals surface area contributed by atoms with Crippen LogP contribution in [0.15, 0.2) is 0 Å². The van der Waals surface area contributed by atoms with Crippen molar-refractivity contribution in [2.75, 3.05) is 0 Å². The maximum absolute atomic E-state index is 10.7. The van der Waals surface area contributed by atoms with Gasteiger partial charge in [0.25, 0.3) is 0 Å². The van der Waals surface area contributed by atoms with Gasteiger partial charge in [-0.05, 0) is 6.42 Å². The van der Waals surface area contributed by atoms with Gasteiger partial charge in [0.2, 0.25) is 0 Å². The summed E-state index contributed by atoms with van der Waals surface area (Å²) in [4.78, 5) is 14.3. The highest BCUT2D eigenvalue weighted by Gasteiger charge is 2.00. The molecule has 0 aliphatic carbocycles. The third kappa shape index (κ3) is 19.4. The van der Waals surface area contributed by atoms with Crippen LogP contribution < -0.4 is 0 Å². The summed E-state index contributed by atoms with van der Waals surface area (Å²) >= 11 is 0. The SMILES string of the molecule is C.CCCCCCCCCCCCCCCCCC(=O)OO. The number of hydrogen-bond donors (Lipinski definition) is 1. The Morgan fingerprint density at radius 1 is 0.682 bits per heavy atom. The molecular formula is C19H40O3. The van der Waals surface area contributed by atoms with Crippen molar-refractivity contribution in [3.63, 3.8) is 0 Å². The molecule has 0 aromatic rings. The molecule has 0 bridgehead atoms. The zero-order valence-electron chi connectivity index (χ0n) is 14.1. The first kappa shape index (κ1) is 23.7. The summed E-state index contributed by atoms with van der Waals surface area (Å²) in [5.41, 5.74) is 0. The Hall–Kier alpha value is -0.570. The minimum atomic E-state index is -0.510. The van der Waals surface area contributed by atoms with Crippen LogP contribution in [-0.4, -0.2) is 11.2 Å². The maximum Gasteiger partial charge on any atom is 0.342 e. The lowest BCUT2D eigenvalue weighted by Crippen LogP contribution is -1.99. The third-order valence-corrected chi connectivity index (χ3v) is 4.09. The Morgan fingerprint density at radius 2 is 1.00 bits per heavy atom. The monoisotopic (exact) mass is 316 g/mol. The van der Waals surface area contributed by atoms with E-state index in [1.807, 2.05) is 0 Å². The quantitative estimate of drug-likeness (QED) is 0.191. The molecule has 3 heteroatoms. The predicted molar refractivity (Wildman–Crippen MR) is 95.0 cm³/mol. The van der Waals surface area contributed by atoms with Crippen molar-refractivity contribution >= 4 is 5.97 Å². The van der Waals surface area contributed by atoms with Gasteiger partial charge in [0, 0.05) is 6.42 Å². The zero-order valence-corrected chi connectivity index (χ0v) is 14.1. The highest BCUT2D eigenvalue weighted by molar-refractivity contribution is 5.68. The molecule has 0 radical (unpaired) electrons. The van der Waals surface area contributed by atoms with E-state index in [1.165, 1.54) is 83.5 Å². The fraction of sp³-hybridized carbons (Fsp3) is 0.947. The summed E-state index contributed by atoms with van der Waals surface area (Å²) in [5, 5.41) is 8.10. The Morgan fingerprint density at radius 3 is 1.32 bits per heavy atom. The highest BCUT2D eigenvalue weighted by atomic mass is 17.1. The van der Waals surface area contributed by atoms with Crippen LogP contribution in [-0.2, 0) is 9.68 Å². The largest absolute Gasteiger partial charge is 0.342 e. The molecular weight excluding hydrogens is 276 g/mol. The summed E-state index contributed by atoms with van der Waals surface area (Å²) in [6.45, 7) is 2.27. The van der Waals surface area contributed by atoms with E-state index >= 15 is 0 Å². The molecule has 0 aliphatic heterocycles. The first-order valence-corrected chi connectivity index (χ1v) is 9.15. The van der Waals surface area contributed by atoms with Crippen molar-refractivity contribution < 1.29 is 14.9 Å². The third-order valence-electron chi connectivity index (χ3n) is 4.09. The molecule has 0 saturated carbocycles. The van der Waals surface area contributed by atoms with Gasteiger partial charge in [0.1, 0.15) is 0 Å².